The summed E-state index contributed by atoms with van der Waals surface area (Å²) in [5.41, 5.74) is -0.511. The normalized spacial score (nSPS) is 11.2. The van der Waals surface area contributed by atoms with E-state index in [9.17, 15) is 9.59 Å². The molecule has 0 saturated carbocycles. The molecule has 0 aliphatic carbocycles. The summed E-state index contributed by atoms with van der Waals surface area (Å²) in [7, 11) is 1.63. The van der Waals surface area contributed by atoms with Crippen molar-refractivity contribution in [3.63, 3.8) is 0 Å². The summed E-state index contributed by atoms with van der Waals surface area (Å²) in [5, 5.41) is 3.23. The number of rotatable bonds is 4. The molecular formula is C12H19N3O3S. The Bertz CT molecular complexity index is 520. The molecule has 0 spiro atoms. The molecule has 1 aromatic rings. The van der Waals surface area contributed by atoms with Gasteiger partial charge in [0.2, 0.25) is 0 Å². The van der Waals surface area contributed by atoms with Gasteiger partial charge < -0.3 is 10.1 Å². The fourth-order valence-electron chi connectivity index (χ4n) is 1.45. The largest absolute Gasteiger partial charge is 0.459 e. The molecule has 1 heterocycles. The zero-order valence-electron chi connectivity index (χ0n) is 11.8. The lowest BCUT2D eigenvalue weighted by molar-refractivity contribution is -0.155. The van der Waals surface area contributed by atoms with Gasteiger partial charge in [-0.3, -0.25) is 14.2 Å². The Labute approximate surface area is 116 Å². The average Bonchev–Trinajstić information content (AvgIpc) is 2.29. The molecule has 0 fully saturated rings. The van der Waals surface area contributed by atoms with Crippen molar-refractivity contribution in [2.24, 2.45) is 0 Å². The first-order chi connectivity index (χ1) is 8.78. The topological polar surface area (TPSA) is 73.2 Å². The van der Waals surface area contributed by atoms with Crippen molar-refractivity contribution in [2.75, 3.05) is 18.6 Å². The monoisotopic (exact) mass is 285 g/mol. The van der Waals surface area contributed by atoms with E-state index in [0.717, 1.165) is 0 Å². The molecule has 0 bridgehead atoms. The van der Waals surface area contributed by atoms with Crippen molar-refractivity contribution in [3.05, 3.63) is 16.6 Å². The Kier molecular flexibility index (Phi) is 4.99. The molecule has 0 saturated heterocycles. The highest BCUT2D eigenvalue weighted by atomic mass is 32.2. The van der Waals surface area contributed by atoms with Gasteiger partial charge in [0.15, 0.2) is 5.16 Å². The van der Waals surface area contributed by atoms with Crippen LogP contribution < -0.4 is 10.9 Å². The molecule has 0 aliphatic rings. The molecule has 6 nitrogen and oxygen atoms in total. The number of nitrogens with one attached hydrogen (secondary N) is 1. The summed E-state index contributed by atoms with van der Waals surface area (Å²) in [6.45, 7) is 5.21. The van der Waals surface area contributed by atoms with Gasteiger partial charge in [-0.15, -0.1) is 0 Å². The Morgan fingerprint density at radius 1 is 1.53 bits per heavy atom. The first kappa shape index (κ1) is 15.6. The van der Waals surface area contributed by atoms with Gasteiger partial charge in [0.1, 0.15) is 17.8 Å². The predicted molar refractivity (Wildman–Crippen MR) is 75.7 cm³/mol. The highest BCUT2D eigenvalue weighted by molar-refractivity contribution is 7.98. The second-order valence-electron chi connectivity index (χ2n) is 4.89. The van der Waals surface area contributed by atoms with Crippen molar-refractivity contribution in [1.82, 2.24) is 9.55 Å². The van der Waals surface area contributed by atoms with Crippen LogP contribution in [-0.4, -0.2) is 34.4 Å². The van der Waals surface area contributed by atoms with E-state index in [1.165, 1.54) is 22.5 Å². The number of hydrogen-bond acceptors (Lipinski definition) is 6. The minimum Gasteiger partial charge on any atom is -0.459 e. The van der Waals surface area contributed by atoms with Gasteiger partial charge in [0.05, 0.1) is 6.20 Å². The predicted octanol–water partition coefficient (Wildman–Crippen LogP) is 1.35. The maximum absolute atomic E-state index is 12.1. The van der Waals surface area contributed by atoms with E-state index < -0.39 is 11.6 Å². The summed E-state index contributed by atoms with van der Waals surface area (Å²) >= 11 is 1.31. The number of carbonyl (C=O) groups excluding carboxylic acids is 1. The minimum atomic E-state index is -0.575. The molecule has 106 valence electrons. The number of nitrogens with zero attached hydrogens (tertiary/aromatic N) is 2. The Morgan fingerprint density at radius 2 is 2.16 bits per heavy atom. The average molecular weight is 285 g/mol. The third-order valence-corrected chi connectivity index (χ3v) is 2.86. The van der Waals surface area contributed by atoms with Crippen molar-refractivity contribution >= 4 is 23.4 Å². The fourth-order valence-corrected chi connectivity index (χ4v) is 1.98. The van der Waals surface area contributed by atoms with E-state index in [-0.39, 0.29) is 12.1 Å². The van der Waals surface area contributed by atoms with Gasteiger partial charge in [-0.1, -0.05) is 11.8 Å². The molecule has 0 atom stereocenters. The van der Waals surface area contributed by atoms with Crippen LogP contribution in [0.25, 0.3) is 0 Å². The summed E-state index contributed by atoms with van der Waals surface area (Å²) < 4.78 is 6.52. The molecule has 1 rings (SSSR count). The number of thioether (sulfide) groups is 1. The number of hydrogen-bond donors (Lipinski definition) is 1. The second kappa shape index (κ2) is 6.10. The van der Waals surface area contributed by atoms with Gasteiger partial charge in [-0.05, 0) is 27.0 Å². The van der Waals surface area contributed by atoms with Gasteiger partial charge in [-0.2, -0.15) is 0 Å². The van der Waals surface area contributed by atoms with E-state index >= 15 is 0 Å². The molecule has 1 N–H and O–H groups in total. The molecule has 1 aromatic heterocycles. The van der Waals surface area contributed by atoms with Gasteiger partial charge >= 0.3 is 5.97 Å². The van der Waals surface area contributed by atoms with Crippen LogP contribution >= 0.6 is 11.8 Å². The summed E-state index contributed by atoms with van der Waals surface area (Å²) in [6.07, 6.45) is 3.26. The third-order valence-electron chi connectivity index (χ3n) is 2.17. The molecule has 0 radical (unpaired) electrons. The number of carbonyl (C=O) groups is 1. The number of esters is 1. The quantitative estimate of drug-likeness (QED) is 0.511. The molecule has 19 heavy (non-hydrogen) atoms. The van der Waals surface area contributed by atoms with E-state index in [2.05, 4.69) is 10.3 Å². The van der Waals surface area contributed by atoms with Crippen molar-refractivity contribution in [1.29, 1.82) is 0 Å². The first-order valence-electron chi connectivity index (χ1n) is 5.82. The van der Waals surface area contributed by atoms with Gasteiger partial charge in [-0.25, -0.2) is 4.98 Å². The molecule has 0 amide bonds. The number of aromatic nitrogens is 2. The van der Waals surface area contributed by atoms with Crippen molar-refractivity contribution < 1.29 is 9.53 Å². The van der Waals surface area contributed by atoms with Crippen LogP contribution in [0.1, 0.15) is 20.8 Å². The van der Waals surface area contributed by atoms with Crippen LogP contribution in [0.4, 0.5) is 5.69 Å². The molecule has 0 unspecified atom stereocenters. The Hall–Kier alpha value is -1.50. The maximum Gasteiger partial charge on any atom is 0.326 e. The minimum absolute atomic E-state index is 0.144. The Balaban J connectivity index is 3.05. The highest BCUT2D eigenvalue weighted by Gasteiger charge is 2.19. The highest BCUT2D eigenvalue weighted by Crippen LogP contribution is 2.12. The van der Waals surface area contributed by atoms with Crippen LogP contribution in [0.15, 0.2) is 16.1 Å². The smallest absolute Gasteiger partial charge is 0.326 e. The van der Waals surface area contributed by atoms with Gasteiger partial charge in [0.25, 0.3) is 5.56 Å². The lowest BCUT2D eigenvalue weighted by atomic mass is 10.2. The van der Waals surface area contributed by atoms with Crippen LogP contribution in [0.2, 0.25) is 0 Å². The molecule has 0 aliphatic heterocycles. The molecule has 0 aromatic carbocycles. The van der Waals surface area contributed by atoms with Crippen LogP contribution in [0.3, 0.4) is 0 Å². The molecular weight excluding hydrogens is 266 g/mol. The second-order valence-corrected chi connectivity index (χ2v) is 5.66. The number of anilines is 1. The van der Waals surface area contributed by atoms with Gasteiger partial charge in [0, 0.05) is 7.05 Å². The van der Waals surface area contributed by atoms with Crippen LogP contribution in [0.5, 0.6) is 0 Å². The summed E-state index contributed by atoms with van der Waals surface area (Å²) in [4.78, 5) is 28.1. The summed E-state index contributed by atoms with van der Waals surface area (Å²) in [5.74, 6) is -0.458. The lowest BCUT2D eigenvalue weighted by Gasteiger charge is -2.20. The third kappa shape index (κ3) is 4.27. The Morgan fingerprint density at radius 3 is 2.63 bits per heavy atom. The zero-order chi connectivity index (χ0) is 14.6. The van der Waals surface area contributed by atoms with E-state index in [1.807, 2.05) is 0 Å². The number of ether oxygens (including phenoxy) is 1. The van der Waals surface area contributed by atoms with E-state index in [1.54, 1.807) is 34.1 Å². The van der Waals surface area contributed by atoms with Crippen LogP contribution in [0, 0.1) is 0 Å². The van der Waals surface area contributed by atoms with Crippen LogP contribution in [-0.2, 0) is 16.1 Å². The van der Waals surface area contributed by atoms with E-state index in [0.29, 0.717) is 10.8 Å². The van der Waals surface area contributed by atoms with Crippen molar-refractivity contribution in [3.8, 4) is 0 Å². The SMILES string of the molecule is CNc1cnc(SC)n(CC(=O)OC(C)(C)C)c1=O. The van der Waals surface area contributed by atoms with E-state index in [4.69, 9.17) is 4.74 Å². The first-order valence-corrected chi connectivity index (χ1v) is 7.04. The fraction of sp³-hybridized carbons (Fsp3) is 0.583. The zero-order valence-corrected chi connectivity index (χ0v) is 12.6. The lowest BCUT2D eigenvalue weighted by Crippen LogP contribution is -2.32. The van der Waals surface area contributed by atoms with Crippen molar-refractivity contribution in [2.45, 2.75) is 38.1 Å². The maximum atomic E-state index is 12.1. The standard InChI is InChI=1S/C12H19N3O3S/c1-12(2,3)18-9(16)7-15-10(17)8(13-4)6-14-11(15)19-5/h6,13H,7H2,1-5H3. The summed E-state index contributed by atoms with van der Waals surface area (Å²) in [6, 6.07) is 0. The molecule has 7 heteroatoms.